The van der Waals surface area contributed by atoms with Crippen LogP contribution in [0.15, 0.2) is 24.3 Å². The Morgan fingerprint density at radius 2 is 2.08 bits per heavy atom. The molecule has 3 rings (SSSR count). The lowest BCUT2D eigenvalue weighted by Crippen LogP contribution is -2.48. The number of fused-ring (bicyclic) bond motifs is 1. The highest BCUT2D eigenvalue weighted by atomic mass is 32.2. The number of esters is 1. The summed E-state index contributed by atoms with van der Waals surface area (Å²) in [4.78, 5) is 38.1. The lowest BCUT2D eigenvalue weighted by molar-refractivity contribution is -0.161. The van der Waals surface area contributed by atoms with Crippen molar-refractivity contribution in [1.82, 2.24) is 10.2 Å². The predicted octanol–water partition coefficient (Wildman–Crippen LogP) is 2.00. The van der Waals surface area contributed by atoms with Gasteiger partial charge in [-0.05, 0) is 32.8 Å². The summed E-state index contributed by atoms with van der Waals surface area (Å²) in [6.07, 6.45) is 0.301. The number of hydrogen-bond donors (Lipinski definition) is 1. The molecule has 1 N–H and O–H groups in total. The maximum absolute atomic E-state index is 12.5. The van der Waals surface area contributed by atoms with Crippen LogP contribution < -0.4 is 5.32 Å². The van der Waals surface area contributed by atoms with Crippen molar-refractivity contribution in [2.45, 2.75) is 57.2 Å². The molecule has 3 atom stereocenters. The van der Waals surface area contributed by atoms with E-state index in [0.717, 1.165) is 17.5 Å². The van der Waals surface area contributed by atoms with Crippen LogP contribution in [0.5, 0.6) is 0 Å². The average Bonchev–Trinajstić information content (AvgIpc) is 3.10. The minimum Gasteiger partial charge on any atom is -0.451 e. The molecule has 2 saturated heterocycles. The topological polar surface area (TPSA) is 75.7 Å². The molecular formula is C19H24N2O4S. The van der Waals surface area contributed by atoms with Gasteiger partial charge in [0.15, 0.2) is 6.10 Å². The first-order valence-electron chi connectivity index (χ1n) is 8.80. The Kier molecular flexibility index (Phi) is 5.27. The molecule has 0 spiro atoms. The van der Waals surface area contributed by atoms with Gasteiger partial charge in [0.05, 0.1) is 4.87 Å². The second-order valence-electron chi connectivity index (χ2n) is 7.05. The third kappa shape index (κ3) is 3.72. The number of ether oxygens (including phenoxy) is 1. The van der Waals surface area contributed by atoms with Crippen LogP contribution in [-0.4, -0.2) is 45.5 Å². The van der Waals surface area contributed by atoms with E-state index in [4.69, 9.17) is 4.74 Å². The molecule has 0 aliphatic carbocycles. The van der Waals surface area contributed by atoms with E-state index >= 15 is 0 Å². The highest BCUT2D eigenvalue weighted by Crippen LogP contribution is 2.47. The summed E-state index contributed by atoms with van der Waals surface area (Å²) in [5, 5.41) is 2.77. The van der Waals surface area contributed by atoms with Crippen LogP contribution in [0.3, 0.4) is 0 Å². The third-order valence-corrected chi connectivity index (χ3v) is 6.47. The van der Waals surface area contributed by atoms with Crippen LogP contribution in [0.25, 0.3) is 0 Å². The summed E-state index contributed by atoms with van der Waals surface area (Å²) in [7, 11) is 0. The van der Waals surface area contributed by atoms with Crippen LogP contribution >= 0.6 is 11.8 Å². The van der Waals surface area contributed by atoms with Crippen molar-refractivity contribution in [3.63, 3.8) is 0 Å². The zero-order chi connectivity index (χ0) is 18.9. The maximum atomic E-state index is 12.5. The normalized spacial score (nSPS) is 25.7. The van der Waals surface area contributed by atoms with E-state index in [9.17, 15) is 14.4 Å². The van der Waals surface area contributed by atoms with E-state index in [1.54, 1.807) is 23.6 Å². The number of carbonyl (C=O) groups excluding carboxylic acids is 3. The number of carbonyl (C=O) groups is 3. The molecule has 7 heteroatoms. The van der Waals surface area contributed by atoms with E-state index in [1.807, 2.05) is 38.1 Å². The molecule has 0 bridgehead atoms. The van der Waals surface area contributed by atoms with Crippen LogP contribution in [-0.2, 0) is 25.7 Å². The molecule has 0 radical (unpaired) electrons. The molecule has 2 aliphatic rings. The Balaban J connectivity index is 1.53. The van der Waals surface area contributed by atoms with Gasteiger partial charge in [0.2, 0.25) is 5.91 Å². The van der Waals surface area contributed by atoms with Gasteiger partial charge in [-0.1, -0.05) is 29.8 Å². The number of nitrogens with one attached hydrogen (secondary N) is 1. The van der Waals surface area contributed by atoms with Gasteiger partial charge in [-0.2, -0.15) is 0 Å². The molecule has 2 aliphatic heterocycles. The fourth-order valence-electron chi connectivity index (χ4n) is 3.34. The largest absolute Gasteiger partial charge is 0.451 e. The number of rotatable bonds is 5. The quantitative estimate of drug-likeness (QED) is 0.796. The van der Waals surface area contributed by atoms with Crippen LogP contribution in [0.1, 0.15) is 37.8 Å². The molecule has 1 aromatic rings. The smallest absolute Gasteiger partial charge is 0.330 e. The molecule has 0 aromatic heterocycles. The molecule has 2 fully saturated rings. The Labute approximate surface area is 157 Å². The van der Waals surface area contributed by atoms with Gasteiger partial charge in [-0.25, -0.2) is 4.79 Å². The Morgan fingerprint density at radius 3 is 2.77 bits per heavy atom. The zero-order valence-corrected chi connectivity index (χ0v) is 16.1. The number of benzene rings is 1. The van der Waals surface area contributed by atoms with Crippen molar-refractivity contribution >= 4 is 29.5 Å². The predicted molar refractivity (Wildman–Crippen MR) is 99.3 cm³/mol. The summed E-state index contributed by atoms with van der Waals surface area (Å²) >= 11 is 1.60. The van der Waals surface area contributed by atoms with Crippen LogP contribution in [0.4, 0.5) is 0 Å². The van der Waals surface area contributed by atoms with Crippen LogP contribution in [0.2, 0.25) is 0 Å². The molecule has 6 nitrogen and oxygen atoms in total. The number of hydrogen-bond acceptors (Lipinski definition) is 5. The standard InChI is InChI=1S/C19H24N2O4S/c1-12-4-6-14(7-5-12)10-20-17(23)13(2)25-18(24)15-11-26-19(3)9-8-16(22)21(15)19/h4-7,13,15H,8-11H2,1-3H3,(H,20,23)/t13-,15+,19+/m1/s1. The molecule has 0 saturated carbocycles. The number of nitrogens with zero attached hydrogens (tertiary/aromatic N) is 1. The SMILES string of the molecule is Cc1ccc(CNC(=O)[C@@H](C)OC(=O)[C@@H]2CS[C@@]3(C)CCC(=O)N23)cc1. The number of amides is 2. The summed E-state index contributed by atoms with van der Waals surface area (Å²) in [6, 6.07) is 7.25. The second-order valence-corrected chi connectivity index (χ2v) is 8.55. The Hall–Kier alpha value is -2.02. The highest BCUT2D eigenvalue weighted by Gasteiger charge is 2.53. The van der Waals surface area contributed by atoms with E-state index in [-0.39, 0.29) is 16.7 Å². The van der Waals surface area contributed by atoms with Crippen molar-refractivity contribution < 1.29 is 19.1 Å². The van der Waals surface area contributed by atoms with E-state index in [1.165, 1.54) is 0 Å². The van der Waals surface area contributed by atoms with Gasteiger partial charge in [-0.3, -0.25) is 9.59 Å². The summed E-state index contributed by atoms with van der Waals surface area (Å²) in [5.74, 6) is -0.357. The maximum Gasteiger partial charge on any atom is 0.330 e. The fourth-order valence-corrected chi connectivity index (χ4v) is 4.76. The second kappa shape index (κ2) is 7.31. The minimum absolute atomic E-state index is 0.0177. The van der Waals surface area contributed by atoms with E-state index in [2.05, 4.69) is 5.32 Å². The zero-order valence-electron chi connectivity index (χ0n) is 15.3. The van der Waals surface area contributed by atoms with Gasteiger partial charge >= 0.3 is 5.97 Å². The number of thioether (sulfide) groups is 1. The first-order valence-corrected chi connectivity index (χ1v) is 9.78. The number of aryl methyl sites for hydroxylation is 1. The molecule has 2 heterocycles. The molecule has 1 aromatic carbocycles. The van der Waals surface area contributed by atoms with Crippen molar-refractivity contribution in [1.29, 1.82) is 0 Å². The minimum atomic E-state index is -0.900. The lowest BCUT2D eigenvalue weighted by Gasteiger charge is -2.29. The Morgan fingerprint density at radius 1 is 1.38 bits per heavy atom. The average molecular weight is 376 g/mol. The summed E-state index contributed by atoms with van der Waals surface area (Å²) in [5.41, 5.74) is 2.13. The monoisotopic (exact) mass is 376 g/mol. The van der Waals surface area contributed by atoms with Crippen molar-refractivity contribution in [3.05, 3.63) is 35.4 Å². The van der Waals surface area contributed by atoms with Gasteiger partial charge in [-0.15, -0.1) is 11.8 Å². The first-order chi connectivity index (χ1) is 12.3. The Bertz CT molecular complexity index is 721. The third-order valence-electron chi connectivity index (χ3n) is 4.97. The summed E-state index contributed by atoms with van der Waals surface area (Å²) < 4.78 is 5.35. The van der Waals surface area contributed by atoms with Gasteiger partial charge in [0.1, 0.15) is 6.04 Å². The molecule has 26 heavy (non-hydrogen) atoms. The highest BCUT2D eigenvalue weighted by molar-refractivity contribution is 8.01. The molecular weight excluding hydrogens is 352 g/mol. The van der Waals surface area contributed by atoms with Crippen molar-refractivity contribution in [2.75, 3.05) is 5.75 Å². The van der Waals surface area contributed by atoms with E-state index < -0.39 is 18.1 Å². The van der Waals surface area contributed by atoms with Crippen LogP contribution in [0, 0.1) is 6.92 Å². The van der Waals surface area contributed by atoms with Crippen molar-refractivity contribution in [3.8, 4) is 0 Å². The summed E-state index contributed by atoms with van der Waals surface area (Å²) in [6.45, 7) is 5.91. The molecule has 2 amide bonds. The van der Waals surface area contributed by atoms with E-state index in [0.29, 0.717) is 18.7 Å². The van der Waals surface area contributed by atoms with Gasteiger partial charge in [0.25, 0.3) is 5.91 Å². The van der Waals surface area contributed by atoms with Gasteiger partial charge < -0.3 is 15.0 Å². The molecule has 0 unspecified atom stereocenters. The lowest BCUT2D eigenvalue weighted by atomic mass is 10.1. The fraction of sp³-hybridized carbons (Fsp3) is 0.526. The van der Waals surface area contributed by atoms with Gasteiger partial charge in [0, 0.05) is 18.7 Å². The first kappa shape index (κ1) is 18.8. The molecule has 140 valence electrons. The van der Waals surface area contributed by atoms with Crippen molar-refractivity contribution in [2.24, 2.45) is 0 Å².